The molecule has 0 radical (unpaired) electrons. The van der Waals surface area contributed by atoms with Crippen molar-refractivity contribution >= 4 is 6.03 Å². The van der Waals surface area contributed by atoms with Gasteiger partial charge in [-0.25, -0.2) is 4.79 Å². The van der Waals surface area contributed by atoms with Crippen molar-refractivity contribution in [3.05, 3.63) is 23.8 Å². The van der Waals surface area contributed by atoms with Gasteiger partial charge in [0.2, 0.25) is 0 Å². The van der Waals surface area contributed by atoms with Crippen molar-refractivity contribution in [1.82, 2.24) is 15.5 Å². The van der Waals surface area contributed by atoms with E-state index in [1.54, 1.807) is 0 Å². The number of hydrogen-bond donors (Lipinski definition) is 2. The Kier molecular flexibility index (Phi) is 5.99. The number of ether oxygens (including phenoxy) is 3. The molecule has 0 unspecified atom stereocenters. The molecule has 0 bridgehead atoms. The molecular formula is C18H27N3O4. The first-order valence-corrected chi connectivity index (χ1v) is 8.89. The van der Waals surface area contributed by atoms with E-state index < -0.39 is 0 Å². The Morgan fingerprint density at radius 3 is 2.60 bits per heavy atom. The van der Waals surface area contributed by atoms with Crippen LogP contribution in [0.15, 0.2) is 18.2 Å². The summed E-state index contributed by atoms with van der Waals surface area (Å²) in [6.07, 6.45) is 0. The maximum absolute atomic E-state index is 12.2. The van der Waals surface area contributed by atoms with Gasteiger partial charge in [-0.1, -0.05) is 6.07 Å². The highest BCUT2D eigenvalue weighted by molar-refractivity contribution is 5.74. The minimum atomic E-state index is -0.164. The van der Waals surface area contributed by atoms with Gasteiger partial charge in [0.1, 0.15) is 13.2 Å². The third kappa shape index (κ3) is 4.76. The largest absolute Gasteiger partial charge is 0.486 e. The Bertz CT molecular complexity index is 590. The Morgan fingerprint density at radius 2 is 1.84 bits per heavy atom. The van der Waals surface area contributed by atoms with E-state index >= 15 is 0 Å². The lowest BCUT2D eigenvalue weighted by Gasteiger charge is -2.32. The van der Waals surface area contributed by atoms with Crippen LogP contribution in [0, 0.1) is 0 Å². The standard InChI is InChI=1S/C18H27N3O4/c1-13(21-5-7-23-8-6-21)12-19-18(22)20-14(2)15-3-4-16-17(11-15)25-10-9-24-16/h3-4,11,13-14H,5-10,12H2,1-2H3,(H2,19,20,22)/t13-,14-/m1/s1. The molecule has 1 aromatic rings. The number of carbonyl (C=O) groups excluding carboxylic acids is 1. The summed E-state index contributed by atoms with van der Waals surface area (Å²) in [5, 5.41) is 5.93. The summed E-state index contributed by atoms with van der Waals surface area (Å²) in [6.45, 7) is 9.17. The van der Waals surface area contributed by atoms with E-state index in [4.69, 9.17) is 14.2 Å². The van der Waals surface area contributed by atoms with Crippen molar-refractivity contribution in [2.24, 2.45) is 0 Å². The smallest absolute Gasteiger partial charge is 0.315 e. The molecule has 7 heteroatoms. The number of carbonyl (C=O) groups is 1. The van der Waals surface area contributed by atoms with Crippen LogP contribution in [0.5, 0.6) is 11.5 Å². The van der Waals surface area contributed by atoms with Gasteiger partial charge >= 0.3 is 6.03 Å². The van der Waals surface area contributed by atoms with Crippen molar-refractivity contribution in [2.75, 3.05) is 46.1 Å². The predicted molar refractivity (Wildman–Crippen MR) is 94.2 cm³/mol. The first-order chi connectivity index (χ1) is 12.1. The molecule has 1 aromatic carbocycles. The Morgan fingerprint density at radius 1 is 1.12 bits per heavy atom. The van der Waals surface area contributed by atoms with E-state index in [1.165, 1.54) is 0 Å². The zero-order valence-electron chi connectivity index (χ0n) is 14.9. The number of urea groups is 1. The van der Waals surface area contributed by atoms with Crippen LogP contribution < -0.4 is 20.1 Å². The lowest BCUT2D eigenvalue weighted by molar-refractivity contribution is 0.0209. The van der Waals surface area contributed by atoms with E-state index in [0.717, 1.165) is 43.4 Å². The normalized spacial score (nSPS) is 19.8. The van der Waals surface area contributed by atoms with Crippen LogP contribution in [0.2, 0.25) is 0 Å². The van der Waals surface area contributed by atoms with Gasteiger partial charge in [0.25, 0.3) is 0 Å². The lowest BCUT2D eigenvalue weighted by atomic mass is 10.1. The molecule has 3 rings (SSSR count). The number of nitrogens with one attached hydrogen (secondary N) is 2. The number of amides is 2. The Labute approximate surface area is 148 Å². The summed E-state index contributed by atoms with van der Waals surface area (Å²) in [6, 6.07) is 5.78. The van der Waals surface area contributed by atoms with Crippen molar-refractivity contribution in [3.63, 3.8) is 0 Å². The van der Waals surface area contributed by atoms with Crippen LogP contribution in [-0.4, -0.2) is 63.0 Å². The topological polar surface area (TPSA) is 72.1 Å². The first kappa shape index (κ1) is 17.8. The van der Waals surface area contributed by atoms with Crippen LogP contribution in [-0.2, 0) is 4.74 Å². The SMILES string of the molecule is C[C@H](CNC(=O)N[C@H](C)c1ccc2c(c1)OCCO2)N1CCOCC1. The number of benzene rings is 1. The number of fused-ring (bicyclic) bond motifs is 1. The number of morpholine rings is 1. The molecule has 2 heterocycles. The van der Waals surface area contributed by atoms with Crippen LogP contribution in [0.25, 0.3) is 0 Å². The van der Waals surface area contributed by atoms with Gasteiger partial charge in [-0.15, -0.1) is 0 Å². The average molecular weight is 349 g/mol. The van der Waals surface area contributed by atoms with Gasteiger partial charge < -0.3 is 24.8 Å². The second kappa shape index (κ2) is 8.40. The van der Waals surface area contributed by atoms with E-state index in [-0.39, 0.29) is 12.1 Å². The second-order valence-electron chi connectivity index (χ2n) is 6.48. The quantitative estimate of drug-likeness (QED) is 0.844. The molecule has 25 heavy (non-hydrogen) atoms. The maximum atomic E-state index is 12.2. The number of rotatable bonds is 5. The first-order valence-electron chi connectivity index (χ1n) is 8.89. The number of nitrogens with zero attached hydrogens (tertiary/aromatic N) is 1. The lowest BCUT2D eigenvalue weighted by Crippen LogP contribution is -2.49. The summed E-state index contributed by atoms with van der Waals surface area (Å²) >= 11 is 0. The summed E-state index contributed by atoms with van der Waals surface area (Å²) in [5.41, 5.74) is 0.987. The molecule has 2 atom stereocenters. The van der Waals surface area contributed by atoms with Crippen LogP contribution in [0.1, 0.15) is 25.5 Å². The van der Waals surface area contributed by atoms with E-state index in [1.807, 2.05) is 25.1 Å². The molecule has 0 aliphatic carbocycles. The van der Waals surface area contributed by atoms with Gasteiger partial charge in [-0.3, -0.25) is 4.90 Å². The highest BCUT2D eigenvalue weighted by atomic mass is 16.6. The fraction of sp³-hybridized carbons (Fsp3) is 0.611. The molecule has 0 aromatic heterocycles. The maximum Gasteiger partial charge on any atom is 0.315 e. The highest BCUT2D eigenvalue weighted by Gasteiger charge is 2.19. The third-order valence-electron chi connectivity index (χ3n) is 4.64. The van der Waals surface area contributed by atoms with Gasteiger partial charge in [0, 0.05) is 25.7 Å². The second-order valence-corrected chi connectivity index (χ2v) is 6.48. The molecule has 1 saturated heterocycles. The highest BCUT2D eigenvalue weighted by Crippen LogP contribution is 2.32. The molecule has 1 fully saturated rings. The van der Waals surface area contributed by atoms with Crippen molar-refractivity contribution in [1.29, 1.82) is 0 Å². The predicted octanol–water partition coefficient (Wildman–Crippen LogP) is 1.54. The van der Waals surface area contributed by atoms with Crippen molar-refractivity contribution in [2.45, 2.75) is 25.9 Å². The third-order valence-corrected chi connectivity index (χ3v) is 4.64. The Balaban J connectivity index is 1.47. The minimum Gasteiger partial charge on any atom is -0.486 e. The van der Waals surface area contributed by atoms with Gasteiger partial charge in [-0.05, 0) is 31.5 Å². The summed E-state index contributed by atoms with van der Waals surface area (Å²) in [5.74, 6) is 1.49. The van der Waals surface area contributed by atoms with Gasteiger partial charge in [-0.2, -0.15) is 0 Å². The summed E-state index contributed by atoms with van der Waals surface area (Å²) < 4.78 is 16.5. The van der Waals surface area contributed by atoms with Crippen LogP contribution >= 0.6 is 0 Å². The fourth-order valence-corrected chi connectivity index (χ4v) is 3.05. The molecule has 2 N–H and O–H groups in total. The minimum absolute atomic E-state index is 0.116. The molecule has 138 valence electrons. The zero-order chi connectivity index (χ0) is 17.6. The summed E-state index contributed by atoms with van der Waals surface area (Å²) in [7, 11) is 0. The molecule has 0 saturated carbocycles. The summed E-state index contributed by atoms with van der Waals surface area (Å²) in [4.78, 5) is 14.5. The molecule has 2 aliphatic rings. The molecule has 7 nitrogen and oxygen atoms in total. The Hall–Kier alpha value is -1.99. The fourth-order valence-electron chi connectivity index (χ4n) is 3.05. The van der Waals surface area contributed by atoms with Gasteiger partial charge in [0.15, 0.2) is 11.5 Å². The van der Waals surface area contributed by atoms with E-state index in [2.05, 4.69) is 22.5 Å². The molecule has 0 spiro atoms. The van der Waals surface area contributed by atoms with Gasteiger partial charge in [0.05, 0.1) is 19.3 Å². The number of hydrogen-bond acceptors (Lipinski definition) is 5. The van der Waals surface area contributed by atoms with Crippen molar-refractivity contribution in [3.8, 4) is 11.5 Å². The molecular weight excluding hydrogens is 322 g/mol. The zero-order valence-corrected chi connectivity index (χ0v) is 14.9. The average Bonchev–Trinajstić information content (AvgIpc) is 2.66. The van der Waals surface area contributed by atoms with Crippen molar-refractivity contribution < 1.29 is 19.0 Å². The monoisotopic (exact) mass is 349 g/mol. The molecule has 2 amide bonds. The van der Waals surface area contributed by atoms with E-state index in [9.17, 15) is 4.79 Å². The van der Waals surface area contributed by atoms with Crippen LogP contribution in [0.3, 0.4) is 0 Å². The molecule has 2 aliphatic heterocycles. The van der Waals surface area contributed by atoms with Crippen LogP contribution in [0.4, 0.5) is 4.79 Å². The van der Waals surface area contributed by atoms with E-state index in [0.29, 0.717) is 25.8 Å².